The van der Waals surface area contributed by atoms with Gasteiger partial charge in [-0.3, -0.25) is 4.79 Å². The Kier molecular flexibility index (Phi) is 9.44. The first-order chi connectivity index (χ1) is 13.8. The van der Waals surface area contributed by atoms with E-state index in [0.717, 1.165) is 30.3 Å². The fourth-order valence-corrected chi connectivity index (χ4v) is 4.18. The van der Waals surface area contributed by atoms with Gasteiger partial charge in [0, 0.05) is 25.4 Å². The van der Waals surface area contributed by atoms with Gasteiger partial charge in [0.25, 0.3) is 5.91 Å². The van der Waals surface area contributed by atoms with Crippen LogP contribution >= 0.6 is 0 Å². The van der Waals surface area contributed by atoms with Crippen LogP contribution in [0.15, 0.2) is 24.3 Å². The third kappa shape index (κ3) is 7.98. The van der Waals surface area contributed by atoms with E-state index in [0.29, 0.717) is 25.6 Å². The minimum atomic E-state index is -0.815. The van der Waals surface area contributed by atoms with Gasteiger partial charge in [-0.2, -0.15) is 0 Å². The Hall–Kier alpha value is -1.59. The van der Waals surface area contributed by atoms with Crippen LogP contribution in [0.1, 0.15) is 60.3 Å². The maximum atomic E-state index is 12.8. The molecule has 0 bridgehead atoms. The molecule has 1 amide bonds. The molecule has 5 nitrogen and oxygen atoms in total. The van der Waals surface area contributed by atoms with E-state index in [1.807, 2.05) is 38.1 Å². The molecule has 0 spiro atoms. The topological polar surface area (TPSA) is 50.8 Å². The maximum absolute atomic E-state index is 12.8. The molecule has 29 heavy (non-hydrogen) atoms. The summed E-state index contributed by atoms with van der Waals surface area (Å²) in [6.45, 7) is 15.1. The van der Waals surface area contributed by atoms with Crippen LogP contribution < -0.4 is 10.1 Å². The van der Waals surface area contributed by atoms with Crippen molar-refractivity contribution >= 4 is 11.6 Å². The molecule has 1 aromatic carbocycles. The van der Waals surface area contributed by atoms with Crippen molar-refractivity contribution in [1.82, 2.24) is 4.90 Å². The number of nitrogens with zero attached hydrogens (tertiary/aromatic N) is 1. The van der Waals surface area contributed by atoms with Crippen molar-refractivity contribution < 1.29 is 14.3 Å². The lowest BCUT2D eigenvalue weighted by Gasteiger charge is -2.30. The summed E-state index contributed by atoms with van der Waals surface area (Å²) in [5.74, 6) is 1.93. The summed E-state index contributed by atoms with van der Waals surface area (Å²) in [6, 6.07) is 7.61. The summed E-state index contributed by atoms with van der Waals surface area (Å²) in [4.78, 5) is 15.3. The Morgan fingerprint density at radius 3 is 2.66 bits per heavy atom. The molecule has 1 aliphatic rings. The maximum Gasteiger partial charge on any atom is 0.256 e. The number of nitrogens with one attached hydrogen (secondary N) is 1. The SMILES string of the molecule is CCOC(C)(CC(C)C)C(=O)Nc1ccc(OCCCN2CCCC(C)C2)cc1. The van der Waals surface area contributed by atoms with E-state index in [2.05, 4.69) is 31.0 Å². The number of benzene rings is 1. The van der Waals surface area contributed by atoms with E-state index in [4.69, 9.17) is 9.47 Å². The zero-order valence-corrected chi connectivity index (χ0v) is 19.0. The van der Waals surface area contributed by atoms with Gasteiger partial charge in [-0.25, -0.2) is 0 Å². The zero-order chi connectivity index (χ0) is 21.3. The lowest BCUT2D eigenvalue weighted by atomic mass is 9.93. The van der Waals surface area contributed by atoms with Gasteiger partial charge in [-0.15, -0.1) is 0 Å². The van der Waals surface area contributed by atoms with Gasteiger partial charge < -0.3 is 19.7 Å². The van der Waals surface area contributed by atoms with Gasteiger partial charge in [-0.05, 0) is 82.2 Å². The van der Waals surface area contributed by atoms with Crippen molar-refractivity contribution in [1.29, 1.82) is 0 Å². The number of carbonyl (C=O) groups excluding carboxylic acids is 1. The summed E-state index contributed by atoms with van der Waals surface area (Å²) in [5, 5.41) is 2.99. The molecule has 0 aromatic heterocycles. The average Bonchev–Trinajstić information content (AvgIpc) is 2.66. The molecule has 1 saturated heterocycles. The third-order valence-corrected chi connectivity index (χ3v) is 5.48. The van der Waals surface area contributed by atoms with Gasteiger partial charge in [0.05, 0.1) is 6.61 Å². The highest BCUT2D eigenvalue weighted by Gasteiger charge is 2.34. The van der Waals surface area contributed by atoms with E-state index in [1.165, 1.54) is 25.9 Å². The van der Waals surface area contributed by atoms with E-state index in [1.54, 1.807) is 0 Å². The fraction of sp³-hybridized carbons (Fsp3) is 0.708. The zero-order valence-electron chi connectivity index (χ0n) is 19.0. The van der Waals surface area contributed by atoms with Crippen molar-refractivity contribution in [3.8, 4) is 5.75 Å². The molecule has 1 heterocycles. The normalized spacial score (nSPS) is 19.7. The molecule has 164 valence electrons. The number of hydrogen-bond acceptors (Lipinski definition) is 4. The average molecular weight is 405 g/mol. The highest BCUT2D eigenvalue weighted by molar-refractivity contribution is 5.97. The standard InChI is InChI=1S/C24H40N2O3/c1-6-29-24(5,17-19(2)3)23(27)25-21-10-12-22(13-11-21)28-16-8-15-26-14-7-9-20(4)18-26/h10-13,19-20H,6-9,14-18H2,1-5H3,(H,25,27). The van der Waals surface area contributed by atoms with Crippen LogP contribution in [0.5, 0.6) is 5.75 Å². The second-order valence-electron chi connectivity index (χ2n) is 8.99. The van der Waals surface area contributed by atoms with E-state index in [-0.39, 0.29) is 5.91 Å². The van der Waals surface area contributed by atoms with E-state index >= 15 is 0 Å². The van der Waals surface area contributed by atoms with E-state index < -0.39 is 5.60 Å². The number of ether oxygens (including phenoxy) is 2. The minimum Gasteiger partial charge on any atom is -0.494 e. The van der Waals surface area contributed by atoms with Crippen LogP contribution in [0.3, 0.4) is 0 Å². The van der Waals surface area contributed by atoms with Crippen molar-refractivity contribution in [2.24, 2.45) is 11.8 Å². The lowest BCUT2D eigenvalue weighted by molar-refractivity contribution is -0.140. The van der Waals surface area contributed by atoms with Crippen molar-refractivity contribution in [3.05, 3.63) is 24.3 Å². The van der Waals surface area contributed by atoms with Gasteiger partial charge in [-0.1, -0.05) is 20.8 Å². The minimum absolute atomic E-state index is 0.0996. The molecule has 1 N–H and O–H groups in total. The number of hydrogen-bond donors (Lipinski definition) is 1. The largest absolute Gasteiger partial charge is 0.494 e. The highest BCUT2D eigenvalue weighted by atomic mass is 16.5. The van der Waals surface area contributed by atoms with Gasteiger partial charge in [0.15, 0.2) is 0 Å². The second-order valence-corrected chi connectivity index (χ2v) is 8.99. The van der Waals surface area contributed by atoms with Gasteiger partial charge in [0.2, 0.25) is 0 Å². The van der Waals surface area contributed by atoms with Crippen LogP contribution in [-0.4, -0.2) is 49.3 Å². The van der Waals surface area contributed by atoms with Crippen LogP contribution in [0.25, 0.3) is 0 Å². The Bertz CT molecular complexity index is 617. The molecule has 1 aromatic rings. The second kappa shape index (κ2) is 11.6. The number of anilines is 1. The smallest absolute Gasteiger partial charge is 0.256 e. The summed E-state index contributed by atoms with van der Waals surface area (Å²) < 4.78 is 11.7. The van der Waals surface area contributed by atoms with Crippen LogP contribution in [-0.2, 0) is 9.53 Å². The Morgan fingerprint density at radius 1 is 1.31 bits per heavy atom. The molecule has 0 radical (unpaired) electrons. The van der Waals surface area contributed by atoms with Crippen molar-refractivity contribution in [2.75, 3.05) is 38.2 Å². The number of carbonyl (C=O) groups is 1. The number of likely N-dealkylation sites (tertiary alicyclic amines) is 1. The van der Waals surface area contributed by atoms with Gasteiger partial charge >= 0.3 is 0 Å². The molecule has 5 heteroatoms. The van der Waals surface area contributed by atoms with Crippen LogP contribution in [0.2, 0.25) is 0 Å². The predicted molar refractivity (Wildman–Crippen MR) is 120 cm³/mol. The van der Waals surface area contributed by atoms with Crippen molar-refractivity contribution in [2.45, 2.75) is 65.9 Å². The first-order valence-electron chi connectivity index (χ1n) is 11.2. The monoisotopic (exact) mass is 404 g/mol. The summed E-state index contributed by atoms with van der Waals surface area (Å²) in [7, 11) is 0. The number of amides is 1. The number of piperidine rings is 1. The summed E-state index contributed by atoms with van der Waals surface area (Å²) in [6.07, 6.45) is 4.39. The molecule has 1 aliphatic heterocycles. The molecular weight excluding hydrogens is 364 g/mol. The first-order valence-corrected chi connectivity index (χ1v) is 11.2. The first kappa shape index (κ1) is 23.7. The third-order valence-electron chi connectivity index (χ3n) is 5.48. The molecule has 2 rings (SSSR count). The molecule has 2 unspecified atom stereocenters. The van der Waals surface area contributed by atoms with Crippen molar-refractivity contribution in [3.63, 3.8) is 0 Å². The Balaban J connectivity index is 1.78. The summed E-state index contributed by atoms with van der Waals surface area (Å²) >= 11 is 0. The predicted octanol–water partition coefficient (Wildman–Crippen LogP) is 4.97. The van der Waals surface area contributed by atoms with Gasteiger partial charge in [0.1, 0.15) is 11.4 Å². The molecular formula is C24H40N2O3. The fourth-order valence-electron chi connectivity index (χ4n) is 4.18. The van der Waals surface area contributed by atoms with Crippen LogP contribution in [0, 0.1) is 11.8 Å². The lowest BCUT2D eigenvalue weighted by Crippen LogP contribution is -2.43. The molecule has 0 saturated carbocycles. The Morgan fingerprint density at radius 2 is 2.03 bits per heavy atom. The van der Waals surface area contributed by atoms with E-state index in [9.17, 15) is 4.79 Å². The molecule has 1 fully saturated rings. The highest BCUT2D eigenvalue weighted by Crippen LogP contribution is 2.24. The summed E-state index contributed by atoms with van der Waals surface area (Å²) in [5.41, 5.74) is -0.0522. The Labute approximate surface area is 177 Å². The quantitative estimate of drug-likeness (QED) is 0.529. The van der Waals surface area contributed by atoms with Crippen LogP contribution in [0.4, 0.5) is 5.69 Å². The molecule has 2 atom stereocenters. The molecule has 0 aliphatic carbocycles. The number of rotatable bonds is 11.